The van der Waals surface area contributed by atoms with E-state index in [4.69, 9.17) is 10.9 Å². The highest BCUT2D eigenvalue weighted by molar-refractivity contribution is 6.00. The number of nitrogens with zero attached hydrogens (tertiary/aromatic N) is 3. The maximum Gasteiger partial charge on any atom is 0.190 e. The van der Waals surface area contributed by atoms with Crippen molar-refractivity contribution in [2.45, 2.75) is 26.2 Å². The van der Waals surface area contributed by atoms with E-state index < -0.39 is 0 Å². The molecule has 1 aromatic heterocycles. The van der Waals surface area contributed by atoms with Crippen LogP contribution in [0.25, 0.3) is 0 Å². The van der Waals surface area contributed by atoms with Crippen molar-refractivity contribution < 1.29 is 5.21 Å². The zero-order chi connectivity index (χ0) is 13.0. The molecule has 1 unspecified atom stereocenters. The molecule has 1 saturated heterocycles. The van der Waals surface area contributed by atoms with E-state index in [1.165, 1.54) is 19.3 Å². The monoisotopic (exact) mass is 248 g/mol. The third kappa shape index (κ3) is 2.55. The lowest BCUT2D eigenvalue weighted by molar-refractivity contribution is 0.318. The standard InChI is InChI=1S/C13H20N4O/c1-2-4-10-6-8-17(9-10)11-5-3-7-15-12(11)13(14)16-18/h3,5,7,10,18H,2,4,6,8-9H2,1H3,(H2,14,16). The van der Waals surface area contributed by atoms with Crippen molar-refractivity contribution in [3.63, 3.8) is 0 Å². The van der Waals surface area contributed by atoms with Crippen LogP contribution in [-0.2, 0) is 0 Å². The average Bonchev–Trinajstić information content (AvgIpc) is 2.87. The Labute approximate surface area is 107 Å². The SMILES string of the molecule is CCCC1CCN(c2cccnc2/C(N)=N/O)C1. The van der Waals surface area contributed by atoms with Gasteiger partial charge in [0.05, 0.1) is 5.69 Å². The Balaban J connectivity index is 2.19. The van der Waals surface area contributed by atoms with Crippen LogP contribution in [0, 0.1) is 5.92 Å². The quantitative estimate of drug-likeness (QED) is 0.369. The lowest BCUT2D eigenvalue weighted by Crippen LogP contribution is -2.25. The number of nitrogens with two attached hydrogens (primary N) is 1. The van der Waals surface area contributed by atoms with E-state index in [2.05, 4.69) is 22.0 Å². The summed E-state index contributed by atoms with van der Waals surface area (Å²) in [6.45, 7) is 4.27. The molecule has 0 aromatic carbocycles. The van der Waals surface area contributed by atoms with Crippen molar-refractivity contribution >= 4 is 11.5 Å². The lowest BCUT2D eigenvalue weighted by atomic mass is 10.0. The molecule has 18 heavy (non-hydrogen) atoms. The first-order chi connectivity index (χ1) is 8.76. The van der Waals surface area contributed by atoms with Crippen molar-refractivity contribution in [2.24, 2.45) is 16.8 Å². The number of rotatable bonds is 4. The van der Waals surface area contributed by atoms with Crippen LogP contribution < -0.4 is 10.6 Å². The molecule has 98 valence electrons. The van der Waals surface area contributed by atoms with Crippen molar-refractivity contribution in [1.82, 2.24) is 4.98 Å². The second-order valence-electron chi connectivity index (χ2n) is 4.75. The fourth-order valence-corrected chi connectivity index (χ4v) is 2.59. The van der Waals surface area contributed by atoms with E-state index in [1.807, 2.05) is 12.1 Å². The topological polar surface area (TPSA) is 74.7 Å². The number of pyridine rings is 1. The Bertz CT molecular complexity index is 433. The Morgan fingerprint density at radius 1 is 1.67 bits per heavy atom. The molecule has 1 aromatic rings. The summed E-state index contributed by atoms with van der Waals surface area (Å²) in [7, 11) is 0. The molecule has 0 radical (unpaired) electrons. The molecule has 2 heterocycles. The Kier molecular flexibility index (Phi) is 4.02. The second kappa shape index (κ2) is 5.71. The van der Waals surface area contributed by atoms with E-state index >= 15 is 0 Å². The van der Waals surface area contributed by atoms with E-state index in [0.717, 1.165) is 24.7 Å². The van der Waals surface area contributed by atoms with Gasteiger partial charge < -0.3 is 15.8 Å². The van der Waals surface area contributed by atoms with E-state index in [0.29, 0.717) is 5.69 Å². The van der Waals surface area contributed by atoms with Gasteiger partial charge in [-0.25, -0.2) is 0 Å². The highest BCUT2D eigenvalue weighted by atomic mass is 16.4. The summed E-state index contributed by atoms with van der Waals surface area (Å²) < 4.78 is 0. The summed E-state index contributed by atoms with van der Waals surface area (Å²) in [6.07, 6.45) is 5.35. The zero-order valence-electron chi connectivity index (χ0n) is 10.7. The zero-order valence-corrected chi connectivity index (χ0v) is 10.7. The highest BCUT2D eigenvalue weighted by Gasteiger charge is 2.24. The minimum absolute atomic E-state index is 0.0736. The van der Waals surface area contributed by atoms with Gasteiger partial charge in [-0.15, -0.1) is 0 Å². The average molecular weight is 248 g/mol. The van der Waals surface area contributed by atoms with Crippen molar-refractivity contribution in [3.05, 3.63) is 24.0 Å². The van der Waals surface area contributed by atoms with Crippen LogP contribution in [0.2, 0.25) is 0 Å². The Morgan fingerprint density at radius 2 is 2.50 bits per heavy atom. The Morgan fingerprint density at radius 3 is 3.22 bits per heavy atom. The van der Waals surface area contributed by atoms with E-state index in [9.17, 15) is 0 Å². The molecule has 0 spiro atoms. The molecular formula is C13H20N4O. The van der Waals surface area contributed by atoms with Crippen LogP contribution in [0.5, 0.6) is 0 Å². The largest absolute Gasteiger partial charge is 0.409 e. The van der Waals surface area contributed by atoms with Gasteiger partial charge in [0.25, 0.3) is 0 Å². The first kappa shape index (κ1) is 12.7. The second-order valence-corrected chi connectivity index (χ2v) is 4.75. The van der Waals surface area contributed by atoms with Gasteiger partial charge >= 0.3 is 0 Å². The van der Waals surface area contributed by atoms with Crippen LogP contribution in [-0.4, -0.2) is 29.1 Å². The fraction of sp³-hybridized carbons (Fsp3) is 0.538. The van der Waals surface area contributed by atoms with Crippen LogP contribution >= 0.6 is 0 Å². The van der Waals surface area contributed by atoms with E-state index in [1.54, 1.807) is 6.20 Å². The minimum atomic E-state index is 0.0736. The van der Waals surface area contributed by atoms with Crippen molar-refractivity contribution in [2.75, 3.05) is 18.0 Å². The van der Waals surface area contributed by atoms with Gasteiger partial charge in [0.1, 0.15) is 5.69 Å². The molecule has 5 heteroatoms. The van der Waals surface area contributed by atoms with Crippen molar-refractivity contribution in [1.29, 1.82) is 0 Å². The first-order valence-electron chi connectivity index (χ1n) is 6.44. The summed E-state index contributed by atoms with van der Waals surface area (Å²) in [5, 5.41) is 11.8. The molecule has 0 saturated carbocycles. The first-order valence-corrected chi connectivity index (χ1v) is 6.44. The summed E-state index contributed by atoms with van der Waals surface area (Å²) in [5.41, 5.74) is 7.20. The van der Waals surface area contributed by atoms with Crippen LogP contribution in [0.15, 0.2) is 23.5 Å². The molecule has 1 fully saturated rings. The van der Waals surface area contributed by atoms with E-state index in [-0.39, 0.29) is 5.84 Å². The molecular weight excluding hydrogens is 228 g/mol. The van der Waals surface area contributed by atoms with Gasteiger partial charge in [-0.05, 0) is 30.9 Å². The van der Waals surface area contributed by atoms with Gasteiger partial charge in [-0.1, -0.05) is 18.5 Å². The molecule has 5 nitrogen and oxygen atoms in total. The third-order valence-electron chi connectivity index (χ3n) is 3.46. The number of oxime groups is 1. The summed E-state index contributed by atoms with van der Waals surface area (Å²) in [4.78, 5) is 6.49. The summed E-state index contributed by atoms with van der Waals surface area (Å²) in [5.74, 6) is 0.819. The molecule has 3 N–H and O–H groups in total. The van der Waals surface area contributed by atoms with Gasteiger partial charge in [-0.2, -0.15) is 0 Å². The Hall–Kier alpha value is -1.78. The number of hydrogen-bond donors (Lipinski definition) is 2. The lowest BCUT2D eigenvalue weighted by Gasteiger charge is -2.20. The van der Waals surface area contributed by atoms with Crippen LogP contribution in [0.4, 0.5) is 5.69 Å². The normalized spacial score (nSPS) is 20.4. The van der Waals surface area contributed by atoms with Gasteiger partial charge in [0.15, 0.2) is 5.84 Å². The van der Waals surface area contributed by atoms with Gasteiger partial charge in [0, 0.05) is 19.3 Å². The number of amidine groups is 1. The smallest absolute Gasteiger partial charge is 0.190 e. The maximum atomic E-state index is 8.80. The number of anilines is 1. The predicted octanol–water partition coefficient (Wildman–Crippen LogP) is 1.80. The number of hydrogen-bond acceptors (Lipinski definition) is 4. The molecule has 1 aliphatic rings. The summed E-state index contributed by atoms with van der Waals surface area (Å²) >= 11 is 0. The molecule has 1 atom stereocenters. The predicted molar refractivity (Wildman–Crippen MR) is 72.0 cm³/mol. The van der Waals surface area contributed by atoms with Crippen LogP contribution in [0.3, 0.4) is 0 Å². The molecule has 2 rings (SSSR count). The molecule has 0 bridgehead atoms. The fourth-order valence-electron chi connectivity index (χ4n) is 2.59. The summed E-state index contributed by atoms with van der Waals surface area (Å²) in [6, 6.07) is 3.87. The third-order valence-corrected chi connectivity index (χ3v) is 3.46. The van der Waals surface area contributed by atoms with Gasteiger partial charge in [0.2, 0.25) is 0 Å². The molecule has 1 aliphatic heterocycles. The number of aromatic nitrogens is 1. The molecule has 0 aliphatic carbocycles. The highest BCUT2D eigenvalue weighted by Crippen LogP contribution is 2.28. The van der Waals surface area contributed by atoms with Crippen LogP contribution in [0.1, 0.15) is 31.9 Å². The maximum absolute atomic E-state index is 8.80. The molecule has 0 amide bonds. The van der Waals surface area contributed by atoms with Gasteiger partial charge in [-0.3, -0.25) is 4.98 Å². The van der Waals surface area contributed by atoms with Crippen molar-refractivity contribution in [3.8, 4) is 0 Å². The minimum Gasteiger partial charge on any atom is -0.409 e.